The lowest BCUT2D eigenvalue weighted by Crippen LogP contribution is -2.02. The van der Waals surface area contributed by atoms with Crippen molar-refractivity contribution >= 4 is 40.0 Å². The van der Waals surface area contributed by atoms with Crippen molar-refractivity contribution in [3.63, 3.8) is 0 Å². The van der Waals surface area contributed by atoms with Crippen LogP contribution in [0.3, 0.4) is 0 Å². The van der Waals surface area contributed by atoms with Gasteiger partial charge < -0.3 is 38.3 Å². The zero-order valence-electron chi connectivity index (χ0n) is 42.7. The molecule has 0 bridgehead atoms. The third-order valence-corrected chi connectivity index (χ3v) is 12.2. The Kier molecular flexibility index (Phi) is 22.6. The van der Waals surface area contributed by atoms with Crippen LogP contribution >= 0.6 is 15.9 Å². The number of hydrogen-bond acceptors (Lipinski definition) is 10. The first-order chi connectivity index (χ1) is 34.8. The summed E-state index contributed by atoms with van der Waals surface area (Å²) in [5, 5.41) is 10.2. The summed E-state index contributed by atoms with van der Waals surface area (Å²) in [6.07, 6.45) is 10.1. The Hall–Kier alpha value is -7.24. The lowest BCUT2D eigenvalue weighted by atomic mass is 10.0. The van der Waals surface area contributed by atoms with E-state index in [0.29, 0.717) is 55.8 Å². The molecule has 0 atom stereocenters. The summed E-state index contributed by atoms with van der Waals surface area (Å²) in [4.78, 5) is 22.8. The van der Waals surface area contributed by atoms with Crippen molar-refractivity contribution in [2.75, 3.05) is 34.0 Å². The molecule has 0 heterocycles. The summed E-state index contributed by atoms with van der Waals surface area (Å²) in [7, 11) is 2.65. The van der Waals surface area contributed by atoms with E-state index in [1.165, 1.54) is 49.6 Å². The van der Waals surface area contributed by atoms with Gasteiger partial charge >= 0.3 is 11.9 Å². The van der Waals surface area contributed by atoms with Gasteiger partial charge in [0.1, 0.15) is 54.3 Å². The highest BCUT2D eigenvalue weighted by Crippen LogP contribution is 2.34. The van der Waals surface area contributed by atoms with E-state index >= 15 is 0 Å². The van der Waals surface area contributed by atoms with Crippen LogP contribution in [-0.4, -0.2) is 51.1 Å². The van der Waals surface area contributed by atoms with Gasteiger partial charge in [0.25, 0.3) is 0 Å². The first-order valence-electron chi connectivity index (χ1n) is 24.2. The number of rotatable bonds is 23. The summed E-state index contributed by atoms with van der Waals surface area (Å²) in [5.41, 5.74) is 11.2. The highest BCUT2D eigenvalue weighted by atomic mass is 79.9. The number of halogens is 1. The summed E-state index contributed by atoms with van der Waals surface area (Å²) < 4.78 is 40.2. The number of allylic oxidation sites excluding steroid dienone is 1. The summed E-state index contributed by atoms with van der Waals surface area (Å²) in [5.74, 6) is 2.74. The molecule has 0 aliphatic carbocycles. The standard InChI is InChI=1S/C33H37BrO5.C28H30O5/c1-6-7-18-37-31-16-8-24(4)19-29(31)26-11-9-25(10-12-26)21-38-28-15-13-27(14-17-33(35)36-5)32(20-28)39-22-30(34)23(2)3;1-4-5-16-32-27-14-6-20(2)17-25(27)22-9-7-21(8-10-22)19-33-24-13-11-23(26(29)18-24)12-15-28(30)31-3/h8-17,19-20H,6-7,18,21-22H2,1-5H3;6-15,17-18,29H,4-5,16,19H2,1-3H3/b17-14+;15-12+. The minimum atomic E-state index is -0.483. The highest BCUT2D eigenvalue weighted by molar-refractivity contribution is 9.11. The van der Waals surface area contributed by atoms with Crippen LogP contribution in [-0.2, 0) is 32.3 Å². The summed E-state index contributed by atoms with van der Waals surface area (Å²) in [6, 6.07) is 39.6. The second-order valence-corrected chi connectivity index (χ2v) is 18.2. The topological polar surface area (TPSA) is 119 Å². The van der Waals surface area contributed by atoms with E-state index in [1.54, 1.807) is 18.2 Å². The average Bonchev–Trinajstić information content (AvgIpc) is 3.39. The van der Waals surface area contributed by atoms with Gasteiger partial charge in [-0.3, -0.25) is 0 Å². The molecule has 0 aromatic heterocycles. The molecule has 6 aromatic rings. The number of esters is 2. The molecule has 0 unspecified atom stereocenters. The molecule has 0 amide bonds. The average molecular weight is 1040 g/mol. The normalized spacial score (nSPS) is 10.8. The Bertz CT molecular complexity index is 2790. The third kappa shape index (κ3) is 17.9. The SMILES string of the molecule is CCCCOc1ccc(C)cc1-c1ccc(COc2ccc(/C=C/C(=O)OC)c(O)c2)cc1.CCCCOc1ccc(C)cc1-c1ccc(COc2ccc(/C=C/C(=O)OC)c(OCC(Br)=C(C)C)c2)cc1. The first-order valence-corrected chi connectivity index (χ1v) is 24.9. The van der Waals surface area contributed by atoms with Gasteiger partial charge in [0, 0.05) is 51.0 Å². The largest absolute Gasteiger partial charge is 0.507 e. The number of unbranched alkanes of at least 4 members (excludes halogenated alkanes) is 2. The van der Waals surface area contributed by atoms with Crippen LogP contribution in [0.25, 0.3) is 34.4 Å². The minimum Gasteiger partial charge on any atom is -0.507 e. The van der Waals surface area contributed by atoms with Gasteiger partial charge in [-0.05, 0) is 123 Å². The molecule has 0 radical (unpaired) electrons. The van der Waals surface area contributed by atoms with Crippen molar-refractivity contribution in [2.24, 2.45) is 0 Å². The van der Waals surface area contributed by atoms with Crippen molar-refractivity contribution in [3.05, 3.63) is 177 Å². The molecule has 6 rings (SSSR count). The van der Waals surface area contributed by atoms with Gasteiger partial charge in [-0.2, -0.15) is 0 Å². The van der Waals surface area contributed by atoms with E-state index in [2.05, 4.69) is 115 Å². The lowest BCUT2D eigenvalue weighted by Gasteiger charge is -2.14. The Morgan fingerprint density at radius 2 is 1.00 bits per heavy atom. The number of carbonyl (C=O) groups is 2. The number of phenols is 1. The molecule has 0 aliphatic heterocycles. The predicted octanol–water partition coefficient (Wildman–Crippen LogP) is 15.0. The molecule has 6 aromatic carbocycles. The summed E-state index contributed by atoms with van der Waals surface area (Å²) >= 11 is 3.55. The Labute approximate surface area is 434 Å². The molecule has 0 fully saturated rings. The number of ether oxygens (including phenoxy) is 7. The van der Waals surface area contributed by atoms with E-state index in [4.69, 9.17) is 28.4 Å². The van der Waals surface area contributed by atoms with Gasteiger partial charge in [0.2, 0.25) is 0 Å². The van der Waals surface area contributed by atoms with E-state index in [9.17, 15) is 14.7 Å². The first kappa shape index (κ1) is 55.7. The molecular weight excluding hydrogens is 973 g/mol. The maximum Gasteiger partial charge on any atom is 0.330 e. The molecule has 0 saturated heterocycles. The van der Waals surface area contributed by atoms with Crippen molar-refractivity contribution < 1.29 is 47.9 Å². The van der Waals surface area contributed by atoms with Crippen LogP contribution in [0.2, 0.25) is 0 Å². The second kappa shape index (κ2) is 29.2. The van der Waals surface area contributed by atoms with Crippen molar-refractivity contribution in [3.8, 4) is 56.8 Å². The van der Waals surface area contributed by atoms with Crippen molar-refractivity contribution in [1.29, 1.82) is 0 Å². The van der Waals surface area contributed by atoms with Crippen LogP contribution in [0.1, 0.15) is 86.8 Å². The highest BCUT2D eigenvalue weighted by Gasteiger charge is 2.12. The number of aromatic hydroxyl groups is 1. The van der Waals surface area contributed by atoms with Crippen LogP contribution in [0.15, 0.2) is 144 Å². The third-order valence-electron chi connectivity index (χ3n) is 11.2. The van der Waals surface area contributed by atoms with Gasteiger partial charge in [0.15, 0.2) is 0 Å². The molecule has 378 valence electrons. The van der Waals surface area contributed by atoms with E-state index in [0.717, 1.165) is 86.2 Å². The molecule has 11 heteroatoms. The Balaban J connectivity index is 0.000000271. The fourth-order valence-corrected chi connectivity index (χ4v) is 7.01. The number of carbonyl (C=O) groups excluding carboxylic acids is 2. The van der Waals surface area contributed by atoms with E-state index < -0.39 is 11.9 Å². The lowest BCUT2D eigenvalue weighted by molar-refractivity contribution is -0.135. The monoisotopic (exact) mass is 1040 g/mol. The van der Waals surface area contributed by atoms with Crippen LogP contribution in [0.5, 0.6) is 34.5 Å². The molecule has 0 aliphatic rings. The quantitative estimate of drug-likeness (QED) is 0.0377. The van der Waals surface area contributed by atoms with Gasteiger partial charge in [-0.1, -0.05) is 120 Å². The van der Waals surface area contributed by atoms with Crippen LogP contribution < -0.4 is 23.7 Å². The predicted molar refractivity (Wildman–Crippen MR) is 292 cm³/mol. The molecule has 72 heavy (non-hydrogen) atoms. The van der Waals surface area contributed by atoms with Gasteiger partial charge in [-0.15, -0.1) is 0 Å². The van der Waals surface area contributed by atoms with Gasteiger partial charge in [-0.25, -0.2) is 9.59 Å². The summed E-state index contributed by atoms with van der Waals surface area (Å²) in [6.45, 7) is 15.1. The molecule has 0 spiro atoms. The van der Waals surface area contributed by atoms with Gasteiger partial charge in [0.05, 0.1) is 27.4 Å². The number of benzene rings is 6. The molecule has 10 nitrogen and oxygen atoms in total. The maximum atomic E-state index is 11.6. The van der Waals surface area contributed by atoms with Crippen LogP contribution in [0, 0.1) is 13.8 Å². The minimum absolute atomic E-state index is 0.0260. The second-order valence-electron chi connectivity index (χ2n) is 17.2. The number of methoxy groups -OCH3 is 2. The van der Waals surface area contributed by atoms with Crippen molar-refractivity contribution in [1.82, 2.24) is 0 Å². The fraction of sp³-hybridized carbons (Fsp3) is 0.279. The Morgan fingerprint density at radius 3 is 1.44 bits per heavy atom. The number of phenolic OH excluding ortho intramolecular Hbond substituents is 1. The number of aryl methyl sites for hydroxylation is 2. The Morgan fingerprint density at radius 1 is 0.542 bits per heavy atom. The fourth-order valence-electron chi connectivity index (χ4n) is 6.90. The molecule has 0 saturated carbocycles. The smallest absolute Gasteiger partial charge is 0.330 e. The zero-order chi connectivity index (χ0) is 51.8. The maximum absolute atomic E-state index is 11.6. The molecule has 1 N–H and O–H groups in total. The van der Waals surface area contributed by atoms with Crippen molar-refractivity contribution in [2.45, 2.75) is 80.4 Å². The number of hydrogen-bond donors (Lipinski definition) is 1. The van der Waals surface area contributed by atoms with E-state index in [1.807, 2.05) is 50.2 Å². The van der Waals surface area contributed by atoms with E-state index in [-0.39, 0.29) is 5.75 Å². The zero-order valence-corrected chi connectivity index (χ0v) is 44.3. The molecular formula is C61H67BrO10. The van der Waals surface area contributed by atoms with Crippen LogP contribution in [0.4, 0.5) is 0 Å².